The van der Waals surface area contributed by atoms with Crippen LogP contribution in [-0.4, -0.2) is 43.7 Å². The van der Waals surface area contributed by atoms with Gasteiger partial charge in [0, 0.05) is 35.2 Å². The Morgan fingerprint density at radius 2 is 1.86 bits per heavy atom. The number of amides is 2. The Kier molecular flexibility index (Phi) is 5.62. The van der Waals surface area contributed by atoms with Gasteiger partial charge in [-0.05, 0) is 59.1 Å². The molecule has 2 aromatic rings. The number of methoxy groups -OCH3 is 1. The largest absolute Gasteiger partial charge is 0.497 e. The molecule has 0 saturated carbocycles. The highest BCUT2D eigenvalue weighted by Gasteiger charge is 2.29. The third kappa shape index (κ3) is 4.17. The van der Waals surface area contributed by atoms with Gasteiger partial charge in [0.2, 0.25) is 12.7 Å². The van der Waals surface area contributed by atoms with Gasteiger partial charge in [-0.2, -0.15) is 0 Å². The van der Waals surface area contributed by atoms with Crippen molar-refractivity contribution in [3.63, 3.8) is 0 Å². The molecule has 4 rings (SSSR count). The van der Waals surface area contributed by atoms with E-state index in [1.807, 2.05) is 0 Å². The standard InChI is InChI=1S/C21H21BrN2O5/c1-27-15-3-4-17(22)16(11-15)21(26)24-8-6-13(7-9-24)20(25)23-14-2-5-18-19(10-14)29-12-28-18/h2-5,10-11,13H,6-9,12H2,1H3,(H,23,25). The zero-order valence-corrected chi connectivity index (χ0v) is 17.5. The predicted octanol–water partition coefficient (Wildman–Crippen LogP) is 3.68. The molecule has 1 fully saturated rings. The first-order valence-corrected chi connectivity index (χ1v) is 10.2. The minimum Gasteiger partial charge on any atom is -0.497 e. The van der Waals surface area contributed by atoms with E-state index in [1.165, 1.54) is 0 Å². The van der Waals surface area contributed by atoms with Gasteiger partial charge in [-0.1, -0.05) is 0 Å². The van der Waals surface area contributed by atoms with E-state index in [0.29, 0.717) is 54.4 Å². The van der Waals surface area contributed by atoms with Gasteiger partial charge in [-0.15, -0.1) is 0 Å². The Morgan fingerprint density at radius 3 is 2.62 bits per heavy atom. The number of benzene rings is 2. The first kappa shape index (κ1) is 19.6. The first-order chi connectivity index (χ1) is 14.0. The molecule has 29 heavy (non-hydrogen) atoms. The molecule has 8 heteroatoms. The molecule has 2 aromatic carbocycles. The van der Waals surface area contributed by atoms with Crippen LogP contribution in [-0.2, 0) is 4.79 Å². The Bertz CT molecular complexity index is 941. The molecule has 0 radical (unpaired) electrons. The highest BCUT2D eigenvalue weighted by Crippen LogP contribution is 2.34. The van der Waals surface area contributed by atoms with Gasteiger partial charge >= 0.3 is 0 Å². The van der Waals surface area contributed by atoms with Crippen molar-refractivity contribution < 1.29 is 23.8 Å². The summed E-state index contributed by atoms with van der Waals surface area (Å²) in [5.74, 6) is 1.70. The summed E-state index contributed by atoms with van der Waals surface area (Å²) in [5.41, 5.74) is 1.24. The molecule has 1 N–H and O–H groups in total. The lowest BCUT2D eigenvalue weighted by Crippen LogP contribution is -2.41. The number of ether oxygens (including phenoxy) is 3. The topological polar surface area (TPSA) is 77.1 Å². The van der Waals surface area contributed by atoms with E-state index >= 15 is 0 Å². The maximum Gasteiger partial charge on any atom is 0.255 e. The molecular weight excluding hydrogens is 440 g/mol. The van der Waals surface area contributed by atoms with Gasteiger partial charge in [0.1, 0.15) is 5.75 Å². The fourth-order valence-electron chi connectivity index (χ4n) is 3.53. The maximum absolute atomic E-state index is 12.9. The molecule has 0 spiro atoms. The van der Waals surface area contributed by atoms with E-state index in [1.54, 1.807) is 48.4 Å². The molecule has 0 atom stereocenters. The zero-order valence-electron chi connectivity index (χ0n) is 15.9. The van der Waals surface area contributed by atoms with Gasteiger partial charge in [0.15, 0.2) is 11.5 Å². The van der Waals surface area contributed by atoms with Crippen molar-refractivity contribution in [3.8, 4) is 17.2 Å². The number of halogens is 1. The fourth-order valence-corrected chi connectivity index (χ4v) is 3.95. The Labute approximate surface area is 177 Å². The third-order valence-corrected chi connectivity index (χ3v) is 5.89. The number of hydrogen-bond acceptors (Lipinski definition) is 5. The van der Waals surface area contributed by atoms with E-state index in [4.69, 9.17) is 14.2 Å². The summed E-state index contributed by atoms with van der Waals surface area (Å²) in [5, 5.41) is 2.94. The Hall–Kier alpha value is -2.74. The van der Waals surface area contributed by atoms with Gasteiger partial charge in [0.05, 0.1) is 12.7 Å². The van der Waals surface area contributed by atoms with Crippen molar-refractivity contribution in [3.05, 3.63) is 46.4 Å². The smallest absolute Gasteiger partial charge is 0.255 e. The molecule has 1 saturated heterocycles. The predicted molar refractivity (Wildman–Crippen MR) is 111 cm³/mol. The van der Waals surface area contributed by atoms with Crippen LogP contribution < -0.4 is 19.5 Å². The molecule has 0 aliphatic carbocycles. The summed E-state index contributed by atoms with van der Waals surface area (Å²) < 4.78 is 16.6. The van der Waals surface area contributed by atoms with Crippen molar-refractivity contribution >= 4 is 33.4 Å². The SMILES string of the molecule is COc1ccc(Br)c(C(=O)N2CCC(C(=O)Nc3ccc4c(c3)OCO4)CC2)c1. The summed E-state index contributed by atoms with van der Waals surface area (Å²) in [6.07, 6.45) is 1.23. The van der Waals surface area contributed by atoms with Gasteiger partial charge in [-0.3, -0.25) is 9.59 Å². The monoisotopic (exact) mass is 460 g/mol. The molecule has 0 aromatic heterocycles. The van der Waals surface area contributed by atoms with Crippen molar-refractivity contribution in [2.45, 2.75) is 12.8 Å². The van der Waals surface area contributed by atoms with Crippen LogP contribution in [0.1, 0.15) is 23.2 Å². The normalized spacial score (nSPS) is 15.9. The Morgan fingerprint density at radius 1 is 1.10 bits per heavy atom. The number of piperidine rings is 1. The van der Waals surface area contributed by atoms with Crippen molar-refractivity contribution in [1.29, 1.82) is 0 Å². The van der Waals surface area contributed by atoms with Crippen molar-refractivity contribution in [2.24, 2.45) is 5.92 Å². The second kappa shape index (κ2) is 8.32. The summed E-state index contributed by atoms with van der Waals surface area (Å²) in [7, 11) is 1.57. The van der Waals surface area contributed by atoms with E-state index in [2.05, 4.69) is 21.2 Å². The summed E-state index contributed by atoms with van der Waals surface area (Å²) in [4.78, 5) is 27.3. The van der Waals surface area contributed by atoms with Gasteiger partial charge < -0.3 is 24.4 Å². The molecule has 0 bridgehead atoms. The van der Waals surface area contributed by atoms with E-state index in [0.717, 1.165) is 4.47 Å². The number of carbonyl (C=O) groups excluding carboxylic acids is 2. The first-order valence-electron chi connectivity index (χ1n) is 9.38. The molecule has 0 unspecified atom stereocenters. The lowest BCUT2D eigenvalue weighted by molar-refractivity contribution is -0.121. The average Bonchev–Trinajstić information content (AvgIpc) is 3.21. The zero-order chi connectivity index (χ0) is 20.4. The van der Waals surface area contributed by atoms with Crippen molar-refractivity contribution in [1.82, 2.24) is 4.90 Å². The molecule has 2 amide bonds. The second-order valence-electron chi connectivity index (χ2n) is 6.97. The number of carbonyl (C=O) groups is 2. The lowest BCUT2D eigenvalue weighted by atomic mass is 9.95. The summed E-state index contributed by atoms with van der Waals surface area (Å²) in [6, 6.07) is 10.7. The van der Waals surface area contributed by atoms with Crippen LogP contribution in [0.15, 0.2) is 40.9 Å². The number of rotatable bonds is 4. The van der Waals surface area contributed by atoms with Crippen molar-refractivity contribution in [2.75, 3.05) is 32.3 Å². The van der Waals surface area contributed by atoms with E-state index < -0.39 is 0 Å². The Balaban J connectivity index is 1.35. The molecular formula is C21H21BrN2O5. The second-order valence-corrected chi connectivity index (χ2v) is 7.82. The van der Waals surface area contributed by atoms with E-state index in [9.17, 15) is 9.59 Å². The number of fused-ring (bicyclic) bond motifs is 1. The van der Waals surface area contributed by atoms with Crippen LogP contribution >= 0.6 is 15.9 Å². The van der Waals surface area contributed by atoms with Gasteiger partial charge in [-0.25, -0.2) is 0 Å². The van der Waals surface area contributed by atoms with Crippen LogP contribution in [0.2, 0.25) is 0 Å². The van der Waals surface area contributed by atoms with Crippen LogP contribution in [0.25, 0.3) is 0 Å². The molecule has 2 aliphatic heterocycles. The molecule has 2 aliphatic rings. The average molecular weight is 461 g/mol. The molecule has 152 valence electrons. The van der Waals surface area contributed by atoms with Crippen LogP contribution in [0, 0.1) is 5.92 Å². The number of hydrogen-bond donors (Lipinski definition) is 1. The van der Waals surface area contributed by atoms with Gasteiger partial charge in [0.25, 0.3) is 5.91 Å². The van der Waals surface area contributed by atoms with Crippen LogP contribution in [0.4, 0.5) is 5.69 Å². The van der Waals surface area contributed by atoms with Crippen LogP contribution in [0.3, 0.4) is 0 Å². The quantitative estimate of drug-likeness (QED) is 0.752. The highest BCUT2D eigenvalue weighted by atomic mass is 79.9. The number of nitrogens with zero attached hydrogens (tertiary/aromatic N) is 1. The summed E-state index contributed by atoms with van der Waals surface area (Å²) >= 11 is 3.43. The fraction of sp³-hybridized carbons (Fsp3) is 0.333. The maximum atomic E-state index is 12.9. The number of nitrogens with one attached hydrogen (secondary N) is 1. The van der Waals surface area contributed by atoms with Crippen LogP contribution in [0.5, 0.6) is 17.2 Å². The number of anilines is 1. The molecule has 7 nitrogen and oxygen atoms in total. The summed E-state index contributed by atoms with van der Waals surface area (Å²) in [6.45, 7) is 1.26. The third-order valence-electron chi connectivity index (χ3n) is 5.20. The minimum absolute atomic E-state index is 0.0430. The van der Waals surface area contributed by atoms with E-state index in [-0.39, 0.29) is 24.5 Å². The minimum atomic E-state index is -0.141. The molecule has 2 heterocycles. The lowest BCUT2D eigenvalue weighted by Gasteiger charge is -2.31. The highest BCUT2D eigenvalue weighted by molar-refractivity contribution is 9.10. The number of likely N-dealkylation sites (tertiary alicyclic amines) is 1.